The van der Waals surface area contributed by atoms with Gasteiger partial charge in [-0.1, -0.05) is 60.7 Å². The fourth-order valence-corrected chi connectivity index (χ4v) is 8.86. The van der Waals surface area contributed by atoms with Crippen molar-refractivity contribution < 1.29 is 9.59 Å². The SMILES string of the molecule is N#CC(N)=C1C(=Cc2ccc(-c3ccc(-c4ccc(C=C5C(=O)c6ccccc6C5=C(C#N)C#N)s4)c4nsnc34)s2)C(=O)c2ccccc21. The summed E-state index contributed by atoms with van der Waals surface area (Å²) in [6, 6.07) is 31.8. The molecule has 2 N–H and O–H groups in total. The summed E-state index contributed by atoms with van der Waals surface area (Å²) in [4.78, 5) is 30.2. The molecule has 0 atom stereocenters. The highest BCUT2D eigenvalue weighted by atomic mass is 32.1. The zero-order valence-corrected chi connectivity index (χ0v) is 28.0. The van der Waals surface area contributed by atoms with Gasteiger partial charge in [0, 0.05) is 64.1 Å². The summed E-state index contributed by atoms with van der Waals surface area (Å²) < 4.78 is 9.28. The summed E-state index contributed by atoms with van der Waals surface area (Å²) in [7, 11) is 0. The predicted molar refractivity (Wildman–Crippen MR) is 196 cm³/mol. The molecular formula is C39H18N6O2S3. The Balaban J connectivity index is 1.14. The molecule has 3 aromatic heterocycles. The molecule has 6 aromatic rings. The van der Waals surface area contributed by atoms with Gasteiger partial charge in [0.05, 0.1) is 11.7 Å². The third-order valence-corrected chi connectivity index (χ3v) is 11.2. The first kappa shape index (κ1) is 30.8. The van der Waals surface area contributed by atoms with E-state index in [1.807, 2.05) is 60.7 Å². The Kier molecular flexibility index (Phi) is 7.48. The van der Waals surface area contributed by atoms with Crippen molar-refractivity contribution in [3.63, 3.8) is 0 Å². The number of thiophene rings is 2. The van der Waals surface area contributed by atoms with Crippen molar-refractivity contribution in [2.75, 3.05) is 0 Å². The number of rotatable bonds is 4. The smallest absolute Gasteiger partial charge is 0.194 e. The van der Waals surface area contributed by atoms with Gasteiger partial charge in [-0.2, -0.15) is 24.5 Å². The van der Waals surface area contributed by atoms with Crippen molar-refractivity contribution in [1.82, 2.24) is 8.75 Å². The minimum Gasteiger partial charge on any atom is -0.390 e. The Morgan fingerprint density at radius 3 is 1.52 bits per heavy atom. The molecule has 2 aliphatic rings. The molecule has 0 saturated heterocycles. The normalized spacial score (nSPS) is 16.0. The molecule has 0 fully saturated rings. The summed E-state index contributed by atoms with van der Waals surface area (Å²) in [5.74, 6) is -0.396. The number of ketones is 2. The Hall–Kier alpha value is -6.55. The minimum atomic E-state index is -0.224. The number of nitriles is 3. The van der Waals surface area contributed by atoms with E-state index in [0.29, 0.717) is 44.5 Å². The fraction of sp³-hybridized carbons (Fsp3) is 0. The summed E-state index contributed by atoms with van der Waals surface area (Å²) in [5.41, 5.74) is 13.0. The standard InChI is InChI=1S/C39H18N6O2S3/c40-17-20(18-41)34-23-5-1-3-7-25(23)38(46)29(34)15-21-9-13-32(48-21)27-11-12-28(37-36(27)44-50-45-37)33-14-10-22(49-33)16-30-35(31(43)19-42)24-6-2-4-8-26(24)39(30)47/h1-16H,43H2. The van der Waals surface area contributed by atoms with Crippen molar-refractivity contribution in [1.29, 1.82) is 15.8 Å². The van der Waals surface area contributed by atoms with E-state index in [1.54, 1.807) is 54.6 Å². The first-order chi connectivity index (χ1) is 24.4. The molecule has 2 aliphatic carbocycles. The summed E-state index contributed by atoms with van der Waals surface area (Å²) in [6.45, 7) is 0. The predicted octanol–water partition coefficient (Wildman–Crippen LogP) is 8.70. The van der Waals surface area contributed by atoms with E-state index in [4.69, 9.17) is 5.73 Å². The van der Waals surface area contributed by atoms with Gasteiger partial charge in [0.2, 0.25) is 0 Å². The Morgan fingerprint density at radius 2 is 1.04 bits per heavy atom. The van der Waals surface area contributed by atoms with Crippen LogP contribution in [-0.4, -0.2) is 20.3 Å². The molecule has 0 amide bonds. The van der Waals surface area contributed by atoms with Gasteiger partial charge < -0.3 is 5.73 Å². The molecule has 8 nitrogen and oxygen atoms in total. The van der Waals surface area contributed by atoms with Gasteiger partial charge in [0.15, 0.2) is 11.6 Å². The number of allylic oxidation sites excluding steroid dienone is 6. The zero-order chi connectivity index (χ0) is 34.5. The van der Waals surface area contributed by atoms with E-state index in [1.165, 1.54) is 22.7 Å². The summed E-state index contributed by atoms with van der Waals surface area (Å²) in [6.07, 6.45) is 3.53. The molecule has 0 unspecified atom stereocenters. The molecule has 0 bridgehead atoms. The van der Waals surface area contributed by atoms with Crippen LogP contribution in [0, 0.1) is 34.0 Å². The van der Waals surface area contributed by atoms with Gasteiger partial charge in [-0.25, -0.2) is 0 Å². The van der Waals surface area contributed by atoms with E-state index in [9.17, 15) is 25.4 Å². The number of Topliss-reactive ketones (excluding diaryl/α,β-unsaturated/α-hetero) is 2. The highest BCUT2D eigenvalue weighted by Gasteiger charge is 2.33. The van der Waals surface area contributed by atoms with E-state index in [0.717, 1.165) is 53.4 Å². The van der Waals surface area contributed by atoms with Crippen LogP contribution in [0.2, 0.25) is 0 Å². The second kappa shape index (κ2) is 12.2. The van der Waals surface area contributed by atoms with E-state index in [2.05, 4.69) is 8.75 Å². The third-order valence-electron chi connectivity index (χ3n) is 8.55. The first-order valence-electron chi connectivity index (χ1n) is 15.0. The lowest BCUT2D eigenvalue weighted by Crippen LogP contribution is -2.00. The molecule has 0 spiro atoms. The van der Waals surface area contributed by atoms with Crippen molar-refractivity contribution >= 4 is 80.3 Å². The molecule has 234 valence electrons. The quantitative estimate of drug-likeness (QED) is 0.141. The number of hydrogen-bond acceptors (Lipinski definition) is 11. The number of carbonyl (C=O) groups is 2. The van der Waals surface area contributed by atoms with Crippen LogP contribution in [0.4, 0.5) is 0 Å². The molecule has 0 radical (unpaired) electrons. The fourth-order valence-electron chi connectivity index (χ4n) is 6.33. The Bertz CT molecular complexity index is 2730. The highest BCUT2D eigenvalue weighted by molar-refractivity contribution is 7.17. The number of nitrogens with two attached hydrogens (primary N) is 1. The number of fused-ring (bicyclic) bond motifs is 3. The van der Waals surface area contributed by atoms with Gasteiger partial charge in [-0.3, -0.25) is 9.59 Å². The van der Waals surface area contributed by atoms with Crippen LogP contribution in [0.3, 0.4) is 0 Å². The van der Waals surface area contributed by atoms with Crippen molar-refractivity contribution in [2.45, 2.75) is 0 Å². The molecule has 0 saturated carbocycles. The summed E-state index contributed by atoms with van der Waals surface area (Å²) >= 11 is 4.08. The Labute approximate surface area is 297 Å². The van der Waals surface area contributed by atoms with Gasteiger partial charge in [-0.05, 0) is 47.5 Å². The lowest BCUT2D eigenvalue weighted by molar-refractivity contribution is 0.103. The van der Waals surface area contributed by atoms with Crippen molar-refractivity contribution in [3.05, 3.63) is 139 Å². The van der Waals surface area contributed by atoms with Gasteiger partial charge in [0.1, 0.15) is 40.5 Å². The Morgan fingerprint density at radius 1 is 0.580 bits per heavy atom. The molecule has 0 aliphatic heterocycles. The van der Waals surface area contributed by atoms with Gasteiger partial charge in [-0.15, -0.1) is 22.7 Å². The van der Waals surface area contributed by atoms with Crippen LogP contribution in [-0.2, 0) is 0 Å². The average Bonchev–Trinajstić information content (AvgIpc) is 3.99. The number of aromatic nitrogens is 2. The van der Waals surface area contributed by atoms with Gasteiger partial charge >= 0.3 is 0 Å². The molecule has 3 heterocycles. The first-order valence-corrected chi connectivity index (χ1v) is 17.4. The molecule has 11 heteroatoms. The van der Waals surface area contributed by atoms with Crippen LogP contribution in [0.5, 0.6) is 0 Å². The maximum atomic E-state index is 13.4. The maximum absolute atomic E-state index is 13.4. The second-order valence-corrected chi connectivity index (χ2v) is 14.0. The minimum absolute atomic E-state index is 0.00368. The molecular weight excluding hydrogens is 681 g/mol. The number of nitrogens with zero attached hydrogens (tertiary/aromatic N) is 5. The lowest BCUT2D eigenvalue weighted by Gasteiger charge is -2.04. The summed E-state index contributed by atoms with van der Waals surface area (Å²) in [5, 5.41) is 28.9. The van der Waals surface area contributed by atoms with Crippen LogP contribution in [0.25, 0.3) is 55.2 Å². The van der Waals surface area contributed by atoms with E-state index >= 15 is 0 Å². The largest absolute Gasteiger partial charge is 0.390 e. The van der Waals surface area contributed by atoms with E-state index < -0.39 is 0 Å². The van der Waals surface area contributed by atoms with Crippen LogP contribution in [0.1, 0.15) is 41.6 Å². The van der Waals surface area contributed by atoms with Crippen LogP contribution >= 0.6 is 34.4 Å². The van der Waals surface area contributed by atoms with Crippen molar-refractivity contribution in [2.24, 2.45) is 5.73 Å². The molecule has 8 rings (SSSR count). The maximum Gasteiger partial charge on any atom is 0.194 e. The monoisotopic (exact) mass is 698 g/mol. The van der Waals surface area contributed by atoms with Crippen LogP contribution < -0.4 is 5.73 Å². The highest BCUT2D eigenvalue weighted by Crippen LogP contribution is 2.44. The second-order valence-electron chi connectivity index (χ2n) is 11.3. The van der Waals surface area contributed by atoms with Crippen molar-refractivity contribution in [3.8, 4) is 39.1 Å². The van der Waals surface area contributed by atoms with E-state index in [-0.39, 0.29) is 22.8 Å². The molecule has 50 heavy (non-hydrogen) atoms. The lowest BCUT2D eigenvalue weighted by atomic mass is 9.99. The number of hydrogen-bond donors (Lipinski definition) is 1. The third kappa shape index (κ3) is 4.83. The zero-order valence-electron chi connectivity index (χ0n) is 25.6. The average molecular weight is 699 g/mol. The topological polar surface area (TPSA) is 157 Å². The number of benzene rings is 3. The number of carbonyl (C=O) groups excluding carboxylic acids is 2. The van der Waals surface area contributed by atoms with Crippen LogP contribution in [0.15, 0.2) is 107 Å². The van der Waals surface area contributed by atoms with Gasteiger partial charge in [0.25, 0.3) is 0 Å². The molecule has 3 aromatic carbocycles.